The number of hydrogen-bond donors (Lipinski definition) is 1. The van der Waals surface area contributed by atoms with Crippen LogP contribution in [0.15, 0.2) is 65.7 Å². The van der Waals surface area contributed by atoms with Crippen LogP contribution in [0.2, 0.25) is 0 Å². The minimum atomic E-state index is -1.08. The molecule has 29 heavy (non-hydrogen) atoms. The van der Waals surface area contributed by atoms with Crippen LogP contribution in [-0.2, 0) is 9.59 Å². The molecular formula is C19H12N4O5S. The minimum absolute atomic E-state index is 0.149. The van der Waals surface area contributed by atoms with Gasteiger partial charge < -0.3 is 5.11 Å². The van der Waals surface area contributed by atoms with Gasteiger partial charge in [-0.15, -0.1) is 10.2 Å². The lowest BCUT2D eigenvalue weighted by Crippen LogP contribution is -2.29. The van der Waals surface area contributed by atoms with Crippen molar-refractivity contribution >= 4 is 39.6 Å². The van der Waals surface area contributed by atoms with E-state index in [0.717, 1.165) is 16.2 Å². The zero-order valence-corrected chi connectivity index (χ0v) is 15.4. The summed E-state index contributed by atoms with van der Waals surface area (Å²) >= 11 is 1.04. The summed E-state index contributed by atoms with van der Waals surface area (Å²) in [4.78, 5) is 37.4. The summed E-state index contributed by atoms with van der Waals surface area (Å²) in [5.41, 5.74) is 1.67. The van der Waals surface area contributed by atoms with Gasteiger partial charge in [0.05, 0.1) is 16.5 Å². The Hall–Kier alpha value is -3.92. The fourth-order valence-electron chi connectivity index (χ4n) is 3.18. The first-order valence-corrected chi connectivity index (χ1v) is 9.24. The first-order chi connectivity index (χ1) is 14.0. The molecule has 1 unspecified atom stereocenters. The van der Waals surface area contributed by atoms with Crippen molar-refractivity contribution in [2.75, 3.05) is 4.90 Å². The second-order valence-electron chi connectivity index (χ2n) is 6.11. The summed E-state index contributed by atoms with van der Waals surface area (Å²) in [7, 11) is 0. The van der Waals surface area contributed by atoms with E-state index in [1.54, 1.807) is 36.4 Å². The molecule has 2 heterocycles. The molecule has 1 amide bonds. The summed E-state index contributed by atoms with van der Waals surface area (Å²) in [5.74, 6) is -2.17. The number of aliphatic hydroxyl groups is 1. The molecular weight excluding hydrogens is 396 g/mol. The third-order valence-corrected chi connectivity index (χ3v) is 5.13. The fourth-order valence-corrected chi connectivity index (χ4v) is 3.76. The number of nitrogens with zero attached hydrogens (tertiary/aromatic N) is 4. The summed E-state index contributed by atoms with van der Waals surface area (Å²) in [6.07, 6.45) is 0. The number of anilines is 1. The van der Waals surface area contributed by atoms with E-state index in [9.17, 15) is 24.8 Å². The topological polar surface area (TPSA) is 127 Å². The maximum Gasteiger partial charge on any atom is 0.301 e. The lowest BCUT2D eigenvalue weighted by atomic mass is 9.95. The second kappa shape index (κ2) is 7.24. The Balaban J connectivity index is 1.96. The molecule has 0 radical (unpaired) electrons. The van der Waals surface area contributed by atoms with E-state index in [2.05, 4.69) is 10.2 Å². The van der Waals surface area contributed by atoms with E-state index in [1.807, 2.05) is 0 Å². The van der Waals surface area contributed by atoms with Crippen LogP contribution >= 0.6 is 11.3 Å². The summed E-state index contributed by atoms with van der Waals surface area (Å²) in [6.45, 7) is 0. The molecule has 1 aromatic heterocycles. The van der Waals surface area contributed by atoms with Gasteiger partial charge in [-0.1, -0.05) is 53.8 Å². The van der Waals surface area contributed by atoms with Crippen molar-refractivity contribution in [3.8, 4) is 0 Å². The molecule has 0 saturated carbocycles. The molecule has 144 valence electrons. The monoisotopic (exact) mass is 408 g/mol. The van der Waals surface area contributed by atoms with E-state index >= 15 is 0 Å². The van der Waals surface area contributed by atoms with Crippen molar-refractivity contribution in [2.45, 2.75) is 6.04 Å². The van der Waals surface area contributed by atoms with Crippen LogP contribution in [0.1, 0.15) is 17.2 Å². The largest absolute Gasteiger partial charge is 0.507 e. The third-order valence-electron chi connectivity index (χ3n) is 4.44. The molecule has 10 heteroatoms. The summed E-state index contributed by atoms with van der Waals surface area (Å²) in [5, 5.41) is 29.8. The van der Waals surface area contributed by atoms with Crippen LogP contribution in [0.4, 0.5) is 10.8 Å². The molecule has 0 aliphatic carbocycles. The maximum atomic E-state index is 12.8. The van der Waals surface area contributed by atoms with Gasteiger partial charge in [-0.3, -0.25) is 24.6 Å². The highest BCUT2D eigenvalue weighted by molar-refractivity contribution is 7.13. The number of carbonyl (C=O) groups excluding carboxylic acids is 2. The molecule has 0 bridgehead atoms. The maximum absolute atomic E-state index is 12.8. The number of benzene rings is 2. The van der Waals surface area contributed by atoms with Crippen molar-refractivity contribution in [2.24, 2.45) is 0 Å². The predicted octanol–water partition coefficient (Wildman–Crippen LogP) is 3.07. The number of ketones is 1. The number of amides is 1. The number of hydrogen-bond acceptors (Lipinski definition) is 8. The van der Waals surface area contributed by atoms with Gasteiger partial charge in [0.1, 0.15) is 11.3 Å². The number of aliphatic hydroxyl groups excluding tert-OH is 1. The zero-order valence-electron chi connectivity index (χ0n) is 14.6. The van der Waals surface area contributed by atoms with Crippen molar-refractivity contribution in [1.29, 1.82) is 0 Å². The molecule has 1 atom stereocenters. The molecule has 1 N–H and O–H groups in total. The Morgan fingerprint density at radius 3 is 2.55 bits per heavy atom. The van der Waals surface area contributed by atoms with Gasteiger partial charge in [0.2, 0.25) is 5.13 Å². The molecule has 1 fully saturated rings. The smallest absolute Gasteiger partial charge is 0.301 e. The van der Waals surface area contributed by atoms with Crippen LogP contribution in [0.5, 0.6) is 0 Å². The highest BCUT2D eigenvalue weighted by Gasteiger charge is 2.48. The lowest BCUT2D eigenvalue weighted by molar-refractivity contribution is -0.384. The standard InChI is InChI=1S/C19H12N4O5S/c24-16(11-5-2-1-3-6-11)14-15(12-7-4-8-13(9-12)23(27)28)22(18(26)17(14)25)19-21-20-10-29-19/h1-10,15,24H/b16-14+. The van der Waals surface area contributed by atoms with E-state index in [1.165, 1.54) is 23.7 Å². The molecule has 1 aliphatic heterocycles. The van der Waals surface area contributed by atoms with Crippen molar-refractivity contribution in [1.82, 2.24) is 10.2 Å². The van der Waals surface area contributed by atoms with Crippen LogP contribution in [0, 0.1) is 10.1 Å². The van der Waals surface area contributed by atoms with Crippen molar-refractivity contribution in [3.05, 3.63) is 86.9 Å². The predicted molar refractivity (Wildman–Crippen MR) is 104 cm³/mol. The van der Waals surface area contributed by atoms with Gasteiger partial charge >= 0.3 is 5.91 Å². The van der Waals surface area contributed by atoms with E-state index in [4.69, 9.17) is 0 Å². The van der Waals surface area contributed by atoms with Gasteiger partial charge in [0, 0.05) is 17.7 Å². The molecule has 2 aromatic carbocycles. The van der Waals surface area contributed by atoms with Crippen LogP contribution < -0.4 is 4.90 Å². The normalized spacial score (nSPS) is 18.2. The Labute approximate surface area is 167 Å². The number of aromatic nitrogens is 2. The highest BCUT2D eigenvalue weighted by Crippen LogP contribution is 2.42. The van der Waals surface area contributed by atoms with Gasteiger partial charge in [-0.05, 0) is 5.56 Å². The van der Waals surface area contributed by atoms with E-state index < -0.39 is 22.7 Å². The molecule has 1 saturated heterocycles. The number of nitro groups is 1. The SMILES string of the molecule is O=C1C(=O)N(c2nncs2)C(c2cccc([N+](=O)[O-])c2)/C1=C(\O)c1ccccc1. The number of rotatable bonds is 4. The fraction of sp³-hybridized carbons (Fsp3) is 0.0526. The Bertz CT molecular complexity index is 1140. The Kier molecular flexibility index (Phi) is 4.61. The lowest BCUT2D eigenvalue weighted by Gasteiger charge is -2.22. The molecule has 1 aliphatic rings. The van der Waals surface area contributed by atoms with Crippen LogP contribution in [0.3, 0.4) is 0 Å². The number of Topliss-reactive ketones (excluding diaryl/α,β-unsaturated/α-hetero) is 1. The molecule has 4 rings (SSSR count). The quantitative estimate of drug-likeness (QED) is 0.231. The average molecular weight is 408 g/mol. The molecule has 0 spiro atoms. The van der Waals surface area contributed by atoms with E-state index in [0.29, 0.717) is 11.1 Å². The molecule has 3 aromatic rings. The molecule has 9 nitrogen and oxygen atoms in total. The highest BCUT2D eigenvalue weighted by atomic mass is 32.1. The van der Waals surface area contributed by atoms with Crippen molar-refractivity contribution < 1.29 is 19.6 Å². The first-order valence-electron chi connectivity index (χ1n) is 8.36. The zero-order chi connectivity index (χ0) is 20.5. The van der Waals surface area contributed by atoms with Crippen LogP contribution in [0.25, 0.3) is 5.76 Å². The van der Waals surface area contributed by atoms with Gasteiger partial charge in [-0.2, -0.15) is 0 Å². The Morgan fingerprint density at radius 1 is 1.14 bits per heavy atom. The summed E-state index contributed by atoms with van der Waals surface area (Å²) in [6, 6.07) is 12.8. The average Bonchev–Trinajstić information content (AvgIpc) is 3.35. The van der Waals surface area contributed by atoms with Crippen molar-refractivity contribution in [3.63, 3.8) is 0 Å². The number of carbonyl (C=O) groups is 2. The van der Waals surface area contributed by atoms with Gasteiger partial charge in [0.15, 0.2) is 0 Å². The first kappa shape index (κ1) is 18.4. The third kappa shape index (κ3) is 3.15. The van der Waals surface area contributed by atoms with E-state index in [-0.39, 0.29) is 22.2 Å². The van der Waals surface area contributed by atoms with Gasteiger partial charge in [-0.25, -0.2) is 0 Å². The summed E-state index contributed by atoms with van der Waals surface area (Å²) < 4.78 is 0. The second-order valence-corrected chi connectivity index (χ2v) is 6.92. The Morgan fingerprint density at radius 2 is 1.90 bits per heavy atom. The van der Waals surface area contributed by atoms with Gasteiger partial charge in [0.25, 0.3) is 11.5 Å². The number of nitro benzene ring substituents is 1. The minimum Gasteiger partial charge on any atom is -0.507 e. The number of non-ortho nitro benzene ring substituents is 1. The van der Waals surface area contributed by atoms with Crippen LogP contribution in [-0.4, -0.2) is 31.9 Å².